The van der Waals surface area contributed by atoms with E-state index < -0.39 is 0 Å². The Balaban J connectivity index is 2.32. The van der Waals surface area contributed by atoms with Gasteiger partial charge < -0.3 is 10.1 Å². The van der Waals surface area contributed by atoms with Gasteiger partial charge >= 0.3 is 0 Å². The molecule has 1 N–H and O–H groups in total. The Morgan fingerprint density at radius 1 is 1.33 bits per heavy atom. The molecule has 0 saturated carbocycles. The molecule has 2 nitrogen and oxygen atoms in total. The Morgan fingerprint density at radius 2 is 2.07 bits per heavy atom. The first-order chi connectivity index (χ1) is 7.09. The lowest BCUT2D eigenvalue weighted by Gasteiger charge is -2.14. The van der Waals surface area contributed by atoms with Crippen LogP contribution in [-0.4, -0.2) is 12.6 Å². The summed E-state index contributed by atoms with van der Waals surface area (Å²) in [6, 6.07) is 5.22. The van der Waals surface area contributed by atoms with E-state index in [1.165, 1.54) is 16.7 Å². The minimum absolute atomic E-state index is 0.360. The molecular formula is C13H19NO. The summed E-state index contributed by atoms with van der Waals surface area (Å²) >= 11 is 0. The molecule has 0 amide bonds. The van der Waals surface area contributed by atoms with Crippen LogP contribution in [0.25, 0.3) is 0 Å². The van der Waals surface area contributed by atoms with E-state index in [4.69, 9.17) is 4.74 Å². The van der Waals surface area contributed by atoms with Crippen LogP contribution >= 0.6 is 0 Å². The van der Waals surface area contributed by atoms with Crippen molar-refractivity contribution in [1.82, 2.24) is 5.32 Å². The zero-order valence-corrected chi connectivity index (χ0v) is 9.92. The fourth-order valence-corrected chi connectivity index (χ4v) is 2.07. The van der Waals surface area contributed by atoms with Crippen molar-refractivity contribution >= 4 is 0 Å². The summed E-state index contributed by atoms with van der Waals surface area (Å²) in [7, 11) is 0. The van der Waals surface area contributed by atoms with Crippen molar-refractivity contribution in [3.05, 3.63) is 28.8 Å². The molecule has 0 bridgehead atoms. The van der Waals surface area contributed by atoms with E-state index in [0.29, 0.717) is 12.1 Å². The number of fused-ring (bicyclic) bond motifs is 1. The van der Waals surface area contributed by atoms with E-state index in [0.717, 1.165) is 12.4 Å². The first-order valence-corrected chi connectivity index (χ1v) is 5.58. The van der Waals surface area contributed by atoms with Crippen LogP contribution in [0.2, 0.25) is 0 Å². The molecule has 0 saturated heterocycles. The maximum atomic E-state index is 5.76. The van der Waals surface area contributed by atoms with E-state index >= 15 is 0 Å². The van der Waals surface area contributed by atoms with Gasteiger partial charge in [0.1, 0.15) is 12.4 Å². The molecule has 1 atom stereocenters. The Kier molecular flexibility index (Phi) is 2.70. The smallest absolute Gasteiger partial charge is 0.127 e. The summed E-state index contributed by atoms with van der Waals surface area (Å²) in [5.41, 5.74) is 3.89. The van der Waals surface area contributed by atoms with Gasteiger partial charge in [0.05, 0.1) is 6.04 Å². The van der Waals surface area contributed by atoms with Crippen molar-refractivity contribution in [2.75, 3.05) is 6.61 Å². The van der Waals surface area contributed by atoms with Crippen molar-refractivity contribution in [3.63, 3.8) is 0 Å². The molecule has 1 aromatic rings. The molecule has 1 unspecified atom stereocenters. The molecule has 15 heavy (non-hydrogen) atoms. The topological polar surface area (TPSA) is 21.3 Å². The van der Waals surface area contributed by atoms with Crippen molar-refractivity contribution in [1.29, 1.82) is 0 Å². The van der Waals surface area contributed by atoms with Gasteiger partial charge in [-0.3, -0.25) is 0 Å². The highest BCUT2D eigenvalue weighted by Gasteiger charge is 2.26. The van der Waals surface area contributed by atoms with Crippen molar-refractivity contribution in [3.8, 4) is 5.75 Å². The third kappa shape index (κ3) is 1.86. The Bertz CT molecular complexity index is 371. The number of ether oxygens (including phenoxy) is 1. The molecule has 0 aromatic heterocycles. The molecule has 1 aromatic carbocycles. The molecule has 82 valence electrons. The molecule has 0 aliphatic carbocycles. The second-order valence-corrected chi connectivity index (χ2v) is 4.61. The van der Waals surface area contributed by atoms with Gasteiger partial charge in [-0.25, -0.2) is 0 Å². The van der Waals surface area contributed by atoms with Crippen LogP contribution in [0.3, 0.4) is 0 Å². The number of hydrogen-bond acceptors (Lipinski definition) is 2. The first kappa shape index (κ1) is 10.5. The summed E-state index contributed by atoms with van der Waals surface area (Å²) in [4.78, 5) is 0. The molecule has 0 radical (unpaired) electrons. The van der Waals surface area contributed by atoms with Crippen LogP contribution < -0.4 is 10.1 Å². The second kappa shape index (κ2) is 3.86. The van der Waals surface area contributed by atoms with E-state index in [1.54, 1.807) is 0 Å². The summed E-state index contributed by atoms with van der Waals surface area (Å²) in [5, 5.41) is 3.52. The van der Waals surface area contributed by atoms with Gasteiger partial charge in [-0.15, -0.1) is 0 Å². The van der Waals surface area contributed by atoms with Gasteiger partial charge in [0.15, 0.2) is 0 Å². The van der Waals surface area contributed by atoms with Crippen molar-refractivity contribution in [2.24, 2.45) is 0 Å². The molecule has 1 heterocycles. The van der Waals surface area contributed by atoms with Crippen LogP contribution in [0.5, 0.6) is 5.75 Å². The first-order valence-electron chi connectivity index (χ1n) is 5.58. The fraction of sp³-hybridized carbons (Fsp3) is 0.538. The highest BCUT2D eigenvalue weighted by atomic mass is 16.5. The Hall–Kier alpha value is -1.02. The lowest BCUT2D eigenvalue weighted by molar-refractivity contribution is 0.301. The van der Waals surface area contributed by atoms with Crippen LogP contribution in [0.4, 0.5) is 0 Å². The van der Waals surface area contributed by atoms with Gasteiger partial charge in [0.25, 0.3) is 0 Å². The van der Waals surface area contributed by atoms with E-state index in [2.05, 4.69) is 45.1 Å². The van der Waals surface area contributed by atoms with Gasteiger partial charge in [-0.1, -0.05) is 26.0 Å². The number of hydrogen-bond donors (Lipinski definition) is 1. The molecule has 2 heteroatoms. The molecule has 1 aliphatic rings. The van der Waals surface area contributed by atoms with Crippen molar-refractivity contribution < 1.29 is 4.74 Å². The summed E-state index contributed by atoms with van der Waals surface area (Å²) < 4.78 is 5.76. The SMILES string of the molecule is Cc1ccc2c(c1C)OCC2NC(C)C. The highest BCUT2D eigenvalue weighted by molar-refractivity contribution is 5.49. The van der Waals surface area contributed by atoms with E-state index in [1.807, 2.05) is 0 Å². The second-order valence-electron chi connectivity index (χ2n) is 4.61. The quantitative estimate of drug-likeness (QED) is 0.801. The third-order valence-corrected chi connectivity index (χ3v) is 3.01. The lowest BCUT2D eigenvalue weighted by atomic mass is 10.0. The van der Waals surface area contributed by atoms with Crippen LogP contribution in [0.15, 0.2) is 12.1 Å². The largest absolute Gasteiger partial charge is 0.491 e. The standard InChI is InChI=1S/C13H19NO/c1-8(2)14-12-7-15-13-10(4)9(3)5-6-11(12)13/h5-6,8,12,14H,7H2,1-4H3. The van der Waals surface area contributed by atoms with Crippen LogP contribution in [0.1, 0.15) is 36.6 Å². The van der Waals surface area contributed by atoms with E-state index in [-0.39, 0.29) is 0 Å². The maximum absolute atomic E-state index is 5.76. The zero-order valence-electron chi connectivity index (χ0n) is 9.92. The minimum atomic E-state index is 0.360. The number of aryl methyl sites for hydroxylation is 1. The molecular weight excluding hydrogens is 186 g/mol. The van der Waals surface area contributed by atoms with E-state index in [9.17, 15) is 0 Å². The Morgan fingerprint density at radius 3 is 2.73 bits per heavy atom. The lowest BCUT2D eigenvalue weighted by Crippen LogP contribution is -2.28. The monoisotopic (exact) mass is 205 g/mol. The average molecular weight is 205 g/mol. The van der Waals surface area contributed by atoms with Gasteiger partial charge in [-0.2, -0.15) is 0 Å². The summed E-state index contributed by atoms with van der Waals surface area (Å²) in [6.45, 7) is 9.35. The van der Waals surface area contributed by atoms with Gasteiger partial charge in [0.2, 0.25) is 0 Å². The highest BCUT2D eigenvalue weighted by Crippen LogP contribution is 2.36. The van der Waals surface area contributed by atoms with Gasteiger partial charge in [0, 0.05) is 11.6 Å². The maximum Gasteiger partial charge on any atom is 0.127 e. The predicted molar refractivity (Wildman–Crippen MR) is 62.4 cm³/mol. The summed E-state index contributed by atoms with van der Waals surface area (Å²) in [5.74, 6) is 1.09. The molecule has 1 aliphatic heterocycles. The number of benzene rings is 1. The zero-order chi connectivity index (χ0) is 11.0. The van der Waals surface area contributed by atoms with Crippen molar-refractivity contribution in [2.45, 2.75) is 39.8 Å². The average Bonchev–Trinajstić information content (AvgIpc) is 2.55. The molecule has 0 spiro atoms. The number of rotatable bonds is 2. The summed E-state index contributed by atoms with van der Waals surface area (Å²) in [6.07, 6.45) is 0. The number of nitrogens with one attached hydrogen (secondary N) is 1. The normalized spacial score (nSPS) is 19.1. The Labute approximate surface area is 91.6 Å². The third-order valence-electron chi connectivity index (χ3n) is 3.01. The molecule has 2 rings (SSSR count). The van der Waals surface area contributed by atoms with Crippen LogP contribution in [-0.2, 0) is 0 Å². The molecule has 0 fully saturated rings. The predicted octanol–water partition coefficient (Wildman–Crippen LogP) is 2.73. The van der Waals surface area contributed by atoms with Crippen LogP contribution in [0, 0.1) is 13.8 Å². The minimum Gasteiger partial charge on any atom is -0.491 e. The van der Waals surface area contributed by atoms with Gasteiger partial charge in [-0.05, 0) is 25.0 Å². The fourth-order valence-electron chi connectivity index (χ4n) is 2.07.